The van der Waals surface area contributed by atoms with Crippen LogP contribution in [0.3, 0.4) is 0 Å². The molecular weight excluding hydrogens is 306 g/mol. The number of nitrogens with one attached hydrogen (secondary N) is 1. The van der Waals surface area contributed by atoms with Gasteiger partial charge in [0.25, 0.3) is 0 Å². The molecule has 1 amide bonds. The molecule has 24 heavy (non-hydrogen) atoms. The average Bonchev–Trinajstić information content (AvgIpc) is 2.52. The van der Waals surface area contributed by atoms with E-state index < -0.39 is 0 Å². The predicted molar refractivity (Wildman–Crippen MR) is 97.3 cm³/mol. The molecule has 0 aromatic carbocycles. The Morgan fingerprint density at radius 1 is 1.00 bits per heavy atom. The number of nitrogens with zero attached hydrogens (tertiary/aromatic N) is 2. The van der Waals surface area contributed by atoms with Gasteiger partial charge in [0, 0.05) is 50.7 Å². The lowest BCUT2D eigenvalue weighted by molar-refractivity contribution is -0.128. The normalized spacial score (nSPS) is 17.4. The number of hydrogen-bond donors (Lipinski definition) is 1. The van der Waals surface area contributed by atoms with E-state index in [2.05, 4.69) is 29.0 Å². The van der Waals surface area contributed by atoms with Gasteiger partial charge in [0.2, 0.25) is 5.91 Å². The molecule has 0 aromatic rings. The zero-order valence-electron chi connectivity index (χ0n) is 16.3. The highest BCUT2D eigenvalue weighted by atomic mass is 16.5. The summed E-state index contributed by atoms with van der Waals surface area (Å²) in [5.74, 6) is 0.0555. The molecule has 1 saturated heterocycles. The van der Waals surface area contributed by atoms with Gasteiger partial charge in [-0.2, -0.15) is 0 Å². The van der Waals surface area contributed by atoms with Crippen LogP contribution in [0.5, 0.6) is 0 Å². The summed E-state index contributed by atoms with van der Waals surface area (Å²) in [6, 6.07) is 0.647. The van der Waals surface area contributed by atoms with Crippen molar-refractivity contribution < 1.29 is 14.3 Å². The van der Waals surface area contributed by atoms with Gasteiger partial charge in [0.15, 0.2) is 0 Å². The monoisotopic (exact) mass is 343 g/mol. The molecule has 0 aliphatic carbocycles. The standard InChI is InChI=1S/C18H37N3O3/c1-16(2)21-9-7-20(8-10-21)11-13-24-15-14-23-12-6-19-17(22)18(3,4)5/h16H,6-15H2,1-5H3,(H,19,22). The van der Waals surface area contributed by atoms with Gasteiger partial charge in [-0.3, -0.25) is 14.6 Å². The fourth-order valence-electron chi connectivity index (χ4n) is 2.52. The van der Waals surface area contributed by atoms with Crippen LogP contribution in [0, 0.1) is 5.41 Å². The lowest BCUT2D eigenvalue weighted by Gasteiger charge is -2.36. The van der Waals surface area contributed by atoms with Crippen LogP contribution >= 0.6 is 0 Å². The van der Waals surface area contributed by atoms with Gasteiger partial charge in [0.1, 0.15) is 0 Å². The van der Waals surface area contributed by atoms with Crippen LogP contribution in [-0.2, 0) is 14.3 Å². The molecule has 1 N–H and O–H groups in total. The van der Waals surface area contributed by atoms with Crippen molar-refractivity contribution >= 4 is 5.91 Å². The van der Waals surface area contributed by atoms with E-state index in [0.717, 1.165) is 39.3 Å². The van der Waals surface area contributed by atoms with Crippen molar-refractivity contribution in [1.82, 2.24) is 15.1 Å². The molecule has 1 heterocycles. The van der Waals surface area contributed by atoms with E-state index in [1.54, 1.807) is 0 Å². The first kappa shape index (κ1) is 21.4. The molecule has 0 radical (unpaired) electrons. The molecule has 0 spiro atoms. The van der Waals surface area contributed by atoms with Crippen molar-refractivity contribution in [3.8, 4) is 0 Å². The third kappa shape index (κ3) is 8.97. The predicted octanol–water partition coefficient (Wildman–Crippen LogP) is 1.21. The van der Waals surface area contributed by atoms with Gasteiger partial charge < -0.3 is 14.8 Å². The quantitative estimate of drug-likeness (QED) is 0.604. The summed E-state index contributed by atoms with van der Waals surface area (Å²) in [6.45, 7) is 18.8. The van der Waals surface area contributed by atoms with E-state index in [1.807, 2.05) is 20.8 Å². The summed E-state index contributed by atoms with van der Waals surface area (Å²) in [6.07, 6.45) is 0. The fraction of sp³-hybridized carbons (Fsp3) is 0.944. The van der Waals surface area contributed by atoms with Crippen LogP contribution in [0.1, 0.15) is 34.6 Å². The lowest BCUT2D eigenvalue weighted by atomic mass is 9.96. The van der Waals surface area contributed by atoms with Gasteiger partial charge in [-0.25, -0.2) is 0 Å². The largest absolute Gasteiger partial charge is 0.378 e. The number of ether oxygens (including phenoxy) is 2. The molecule has 0 bridgehead atoms. The SMILES string of the molecule is CC(C)N1CCN(CCOCCOCCNC(=O)C(C)(C)C)CC1. The Balaban J connectivity index is 1.89. The molecule has 0 saturated carbocycles. The minimum atomic E-state index is -0.343. The second-order valence-corrected chi connectivity index (χ2v) is 7.70. The molecule has 0 aromatic heterocycles. The topological polar surface area (TPSA) is 54.0 Å². The Morgan fingerprint density at radius 3 is 2.12 bits per heavy atom. The van der Waals surface area contributed by atoms with Gasteiger partial charge in [-0.1, -0.05) is 20.8 Å². The number of hydrogen-bond acceptors (Lipinski definition) is 5. The smallest absolute Gasteiger partial charge is 0.225 e. The molecule has 1 fully saturated rings. The Morgan fingerprint density at radius 2 is 1.58 bits per heavy atom. The van der Waals surface area contributed by atoms with E-state index in [0.29, 0.717) is 32.4 Å². The van der Waals surface area contributed by atoms with Crippen LogP contribution in [0.15, 0.2) is 0 Å². The third-order valence-corrected chi connectivity index (χ3v) is 4.27. The molecule has 6 nitrogen and oxygen atoms in total. The number of carbonyl (C=O) groups excluding carboxylic acids is 1. The molecule has 1 rings (SSSR count). The van der Waals surface area contributed by atoms with E-state index >= 15 is 0 Å². The van der Waals surface area contributed by atoms with Crippen molar-refractivity contribution in [1.29, 1.82) is 0 Å². The Hall–Kier alpha value is -0.690. The van der Waals surface area contributed by atoms with Gasteiger partial charge in [-0.05, 0) is 13.8 Å². The minimum Gasteiger partial charge on any atom is -0.378 e. The Kier molecular flexibility index (Phi) is 9.81. The molecule has 142 valence electrons. The maximum Gasteiger partial charge on any atom is 0.225 e. The summed E-state index contributed by atoms with van der Waals surface area (Å²) in [7, 11) is 0. The van der Waals surface area contributed by atoms with Crippen molar-refractivity contribution in [3.05, 3.63) is 0 Å². The van der Waals surface area contributed by atoms with E-state index in [9.17, 15) is 4.79 Å². The van der Waals surface area contributed by atoms with Gasteiger partial charge in [0.05, 0.1) is 26.4 Å². The molecule has 1 aliphatic rings. The maximum atomic E-state index is 11.6. The molecule has 6 heteroatoms. The van der Waals surface area contributed by atoms with E-state index in [4.69, 9.17) is 9.47 Å². The van der Waals surface area contributed by atoms with E-state index in [1.165, 1.54) is 0 Å². The summed E-state index contributed by atoms with van der Waals surface area (Å²) in [5.41, 5.74) is -0.343. The molecule has 0 atom stereocenters. The lowest BCUT2D eigenvalue weighted by Crippen LogP contribution is -2.49. The van der Waals surface area contributed by atoms with Crippen LogP contribution in [-0.4, -0.2) is 87.4 Å². The van der Waals surface area contributed by atoms with Crippen LogP contribution < -0.4 is 5.32 Å². The number of carbonyl (C=O) groups is 1. The van der Waals surface area contributed by atoms with Crippen LogP contribution in [0.2, 0.25) is 0 Å². The number of amides is 1. The van der Waals surface area contributed by atoms with Gasteiger partial charge >= 0.3 is 0 Å². The van der Waals surface area contributed by atoms with Crippen molar-refractivity contribution in [2.24, 2.45) is 5.41 Å². The fourth-order valence-corrected chi connectivity index (χ4v) is 2.52. The second kappa shape index (κ2) is 11.0. The van der Waals surface area contributed by atoms with Crippen LogP contribution in [0.25, 0.3) is 0 Å². The molecule has 0 unspecified atom stereocenters. The maximum absolute atomic E-state index is 11.6. The summed E-state index contributed by atoms with van der Waals surface area (Å²) in [5, 5.41) is 2.86. The Bertz CT molecular complexity index is 348. The van der Waals surface area contributed by atoms with Crippen molar-refractivity contribution in [3.63, 3.8) is 0 Å². The minimum absolute atomic E-state index is 0.0555. The van der Waals surface area contributed by atoms with Crippen LogP contribution in [0.4, 0.5) is 0 Å². The molecular formula is C18H37N3O3. The zero-order chi connectivity index (χ0) is 18.0. The number of piperazine rings is 1. The summed E-state index contributed by atoms with van der Waals surface area (Å²) < 4.78 is 11.1. The number of rotatable bonds is 10. The highest BCUT2D eigenvalue weighted by Gasteiger charge is 2.20. The third-order valence-electron chi connectivity index (χ3n) is 4.27. The first-order valence-electron chi connectivity index (χ1n) is 9.21. The summed E-state index contributed by atoms with van der Waals surface area (Å²) >= 11 is 0. The Labute approximate surface area is 147 Å². The van der Waals surface area contributed by atoms with E-state index in [-0.39, 0.29) is 11.3 Å². The average molecular weight is 344 g/mol. The highest BCUT2D eigenvalue weighted by molar-refractivity contribution is 5.81. The second-order valence-electron chi connectivity index (χ2n) is 7.70. The van der Waals surface area contributed by atoms with Crippen molar-refractivity contribution in [2.45, 2.75) is 40.7 Å². The highest BCUT2D eigenvalue weighted by Crippen LogP contribution is 2.11. The zero-order valence-corrected chi connectivity index (χ0v) is 16.3. The summed E-state index contributed by atoms with van der Waals surface area (Å²) in [4.78, 5) is 16.6. The molecule has 1 aliphatic heterocycles. The van der Waals surface area contributed by atoms with Crippen molar-refractivity contribution in [2.75, 3.05) is 65.7 Å². The first-order chi connectivity index (χ1) is 11.3. The van der Waals surface area contributed by atoms with Gasteiger partial charge in [-0.15, -0.1) is 0 Å². The first-order valence-corrected chi connectivity index (χ1v) is 9.21.